The quantitative estimate of drug-likeness (QED) is 0.888. The molecule has 1 saturated carbocycles. The van der Waals surface area contributed by atoms with Crippen LogP contribution in [0, 0.1) is 5.92 Å². The van der Waals surface area contributed by atoms with E-state index in [-0.39, 0.29) is 11.8 Å². The van der Waals surface area contributed by atoms with Gasteiger partial charge in [0.15, 0.2) is 0 Å². The zero-order chi connectivity index (χ0) is 12.4. The third kappa shape index (κ3) is 2.40. The molecule has 92 valence electrons. The van der Waals surface area contributed by atoms with Gasteiger partial charge in [0.25, 0.3) is 0 Å². The molecule has 1 amide bonds. The third-order valence-corrected chi connectivity index (χ3v) is 2.86. The molecule has 1 aliphatic carbocycles. The molecular formula is C13H13N3O2. The SMILES string of the molecule is O=C(NCc1nc(-c2ccccc2)no1)C1CC1. The van der Waals surface area contributed by atoms with Crippen LogP contribution in [0.15, 0.2) is 34.9 Å². The predicted octanol–water partition coefficient (Wildman–Crippen LogP) is 1.76. The fraction of sp³-hybridized carbons (Fsp3) is 0.308. The summed E-state index contributed by atoms with van der Waals surface area (Å²) in [5.41, 5.74) is 0.904. The number of hydrogen-bond donors (Lipinski definition) is 1. The Balaban J connectivity index is 1.64. The van der Waals surface area contributed by atoms with Crippen LogP contribution in [0.5, 0.6) is 0 Å². The summed E-state index contributed by atoms with van der Waals surface area (Å²) >= 11 is 0. The Morgan fingerprint density at radius 1 is 1.33 bits per heavy atom. The molecule has 5 nitrogen and oxygen atoms in total. The Labute approximate surface area is 104 Å². The highest BCUT2D eigenvalue weighted by molar-refractivity contribution is 5.80. The molecule has 0 atom stereocenters. The van der Waals surface area contributed by atoms with Crippen molar-refractivity contribution in [3.8, 4) is 11.4 Å². The van der Waals surface area contributed by atoms with Crippen LogP contribution >= 0.6 is 0 Å². The van der Waals surface area contributed by atoms with Crippen LogP contribution in [0.3, 0.4) is 0 Å². The highest BCUT2D eigenvalue weighted by Gasteiger charge is 2.29. The highest BCUT2D eigenvalue weighted by Crippen LogP contribution is 2.28. The van der Waals surface area contributed by atoms with Crippen LogP contribution in [0.25, 0.3) is 11.4 Å². The maximum Gasteiger partial charge on any atom is 0.246 e. The summed E-state index contributed by atoms with van der Waals surface area (Å²) < 4.78 is 5.09. The lowest BCUT2D eigenvalue weighted by atomic mass is 10.2. The van der Waals surface area contributed by atoms with Crippen molar-refractivity contribution in [3.63, 3.8) is 0 Å². The van der Waals surface area contributed by atoms with Crippen LogP contribution in [0.2, 0.25) is 0 Å². The van der Waals surface area contributed by atoms with Crippen molar-refractivity contribution in [1.82, 2.24) is 15.5 Å². The first kappa shape index (κ1) is 11.0. The number of rotatable bonds is 4. The van der Waals surface area contributed by atoms with Crippen molar-refractivity contribution in [1.29, 1.82) is 0 Å². The molecule has 18 heavy (non-hydrogen) atoms. The van der Waals surface area contributed by atoms with Gasteiger partial charge in [0.1, 0.15) is 0 Å². The van der Waals surface area contributed by atoms with Gasteiger partial charge in [-0.25, -0.2) is 0 Å². The van der Waals surface area contributed by atoms with Gasteiger partial charge in [0.05, 0.1) is 6.54 Å². The lowest BCUT2D eigenvalue weighted by Crippen LogP contribution is -2.24. The van der Waals surface area contributed by atoms with Gasteiger partial charge in [-0.05, 0) is 12.8 Å². The zero-order valence-corrected chi connectivity index (χ0v) is 9.80. The maximum absolute atomic E-state index is 11.5. The van der Waals surface area contributed by atoms with Gasteiger partial charge in [-0.2, -0.15) is 4.98 Å². The number of nitrogens with zero attached hydrogens (tertiary/aromatic N) is 2. The van der Waals surface area contributed by atoms with Crippen LogP contribution in [-0.4, -0.2) is 16.0 Å². The largest absolute Gasteiger partial charge is 0.347 e. The lowest BCUT2D eigenvalue weighted by molar-refractivity contribution is -0.122. The molecule has 0 spiro atoms. The summed E-state index contributed by atoms with van der Waals surface area (Å²) in [4.78, 5) is 15.7. The molecule has 3 rings (SSSR count). The van der Waals surface area contributed by atoms with E-state index < -0.39 is 0 Å². The second-order valence-corrected chi connectivity index (χ2v) is 4.37. The second kappa shape index (κ2) is 4.60. The Kier molecular flexibility index (Phi) is 2.80. The minimum absolute atomic E-state index is 0.0782. The van der Waals surface area contributed by atoms with Crippen LogP contribution in [0.4, 0.5) is 0 Å². The van der Waals surface area contributed by atoms with E-state index in [1.807, 2.05) is 30.3 Å². The minimum atomic E-state index is 0.0782. The van der Waals surface area contributed by atoms with Crippen molar-refractivity contribution in [2.45, 2.75) is 19.4 Å². The first-order valence-corrected chi connectivity index (χ1v) is 5.98. The van der Waals surface area contributed by atoms with Gasteiger partial charge in [0.2, 0.25) is 17.6 Å². The number of benzene rings is 1. The maximum atomic E-state index is 11.5. The minimum Gasteiger partial charge on any atom is -0.347 e. The predicted molar refractivity (Wildman–Crippen MR) is 64.3 cm³/mol. The van der Waals surface area contributed by atoms with E-state index in [2.05, 4.69) is 15.5 Å². The number of hydrogen-bond acceptors (Lipinski definition) is 4. The molecular weight excluding hydrogens is 230 g/mol. The molecule has 0 unspecified atom stereocenters. The van der Waals surface area contributed by atoms with E-state index in [0.29, 0.717) is 18.3 Å². The number of carbonyl (C=O) groups excluding carboxylic acids is 1. The van der Waals surface area contributed by atoms with Gasteiger partial charge in [-0.3, -0.25) is 4.79 Å². The van der Waals surface area contributed by atoms with Crippen LogP contribution in [0.1, 0.15) is 18.7 Å². The number of carbonyl (C=O) groups is 1. The highest BCUT2D eigenvalue weighted by atomic mass is 16.5. The van der Waals surface area contributed by atoms with Crippen molar-refractivity contribution in [2.24, 2.45) is 5.92 Å². The van der Waals surface area contributed by atoms with Crippen LogP contribution < -0.4 is 5.32 Å². The molecule has 1 aromatic carbocycles. The molecule has 1 fully saturated rings. The van der Waals surface area contributed by atoms with Crippen molar-refractivity contribution in [3.05, 3.63) is 36.2 Å². The smallest absolute Gasteiger partial charge is 0.246 e. The van der Waals surface area contributed by atoms with Crippen molar-refractivity contribution >= 4 is 5.91 Å². The van der Waals surface area contributed by atoms with E-state index in [0.717, 1.165) is 18.4 Å². The monoisotopic (exact) mass is 243 g/mol. The standard InChI is InChI=1S/C13H13N3O2/c17-13(10-6-7-10)14-8-11-15-12(16-18-11)9-4-2-1-3-5-9/h1-5,10H,6-8H2,(H,14,17). The summed E-state index contributed by atoms with van der Waals surface area (Å²) in [5.74, 6) is 1.25. The molecule has 2 aromatic rings. The summed E-state index contributed by atoms with van der Waals surface area (Å²) in [7, 11) is 0. The Morgan fingerprint density at radius 2 is 2.11 bits per heavy atom. The van der Waals surface area contributed by atoms with E-state index >= 15 is 0 Å². The first-order chi connectivity index (χ1) is 8.83. The van der Waals surface area contributed by atoms with Crippen molar-refractivity contribution < 1.29 is 9.32 Å². The van der Waals surface area contributed by atoms with E-state index in [1.165, 1.54) is 0 Å². The van der Waals surface area contributed by atoms with Crippen LogP contribution in [-0.2, 0) is 11.3 Å². The summed E-state index contributed by atoms with van der Waals surface area (Å²) in [5, 5.41) is 6.68. The van der Waals surface area contributed by atoms with E-state index in [9.17, 15) is 4.79 Å². The lowest BCUT2D eigenvalue weighted by Gasteiger charge is -1.98. The molecule has 0 radical (unpaired) electrons. The van der Waals surface area contributed by atoms with Gasteiger partial charge in [-0.1, -0.05) is 35.5 Å². The van der Waals surface area contributed by atoms with Gasteiger partial charge in [0, 0.05) is 11.5 Å². The third-order valence-electron chi connectivity index (χ3n) is 2.86. The zero-order valence-electron chi connectivity index (χ0n) is 9.80. The van der Waals surface area contributed by atoms with Crippen molar-refractivity contribution in [2.75, 3.05) is 0 Å². The number of amides is 1. The molecule has 0 bridgehead atoms. The molecule has 1 heterocycles. The van der Waals surface area contributed by atoms with E-state index in [1.54, 1.807) is 0 Å². The topological polar surface area (TPSA) is 68.0 Å². The molecule has 1 aromatic heterocycles. The molecule has 0 aliphatic heterocycles. The Bertz CT molecular complexity index is 546. The molecule has 5 heteroatoms. The van der Waals surface area contributed by atoms with E-state index in [4.69, 9.17) is 4.52 Å². The Hall–Kier alpha value is -2.17. The fourth-order valence-electron chi connectivity index (χ4n) is 1.68. The van der Waals surface area contributed by atoms with Gasteiger partial charge in [-0.15, -0.1) is 0 Å². The van der Waals surface area contributed by atoms with Gasteiger partial charge >= 0.3 is 0 Å². The fourth-order valence-corrected chi connectivity index (χ4v) is 1.68. The second-order valence-electron chi connectivity index (χ2n) is 4.37. The first-order valence-electron chi connectivity index (χ1n) is 5.98. The normalized spacial score (nSPS) is 14.4. The molecule has 0 saturated heterocycles. The Morgan fingerprint density at radius 3 is 2.83 bits per heavy atom. The summed E-state index contributed by atoms with van der Waals surface area (Å²) in [6, 6.07) is 9.59. The summed E-state index contributed by atoms with van der Waals surface area (Å²) in [6.45, 7) is 0.301. The average Bonchev–Trinajstić information content (AvgIpc) is 3.16. The average molecular weight is 243 g/mol. The number of aromatic nitrogens is 2. The summed E-state index contributed by atoms with van der Waals surface area (Å²) in [6.07, 6.45) is 1.98. The molecule has 1 N–H and O–H groups in total. The number of nitrogens with one attached hydrogen (secondary N) is 1. The molecule has 1 aliphatic rings. The van der Waals surface area contributed by atoms with Gasteiger partial charge < -0.3 is 9.84 Å².